The maximum atomic E-state index is 13.5. The van der Waals surface area contributed by atoms with Crippen LogP contribution in [0.25, 0.3) is 0 Å². The summed E-state index contributed by atoms with van der Waals surface area (Å²) in [6, 6.07) is 11.2. The van der Waals surface area contributed by atoms with Gasteiger partial charge in [-0.05, 0) is 90.1 Å². The van der Waals surface area contributed by atoms with E-state index >= 15 is 0 Å². The maximum absolute atomic E-state index is 13.5. The molecular weight excluding hydrogens is 424 g/mol. The molecule has 0 bridgehead atoms. The third-order valence-corrected chi connectivity index (χ3v) is 7.27. The Balaban J connectivity index is 1.62. The van der Waals surface area contributed by atoms with E-state index in [0.717, 1.165) is 24.0 Å². The number of ketones is 1. The van der Waals surface area contributed by atoms with Crippen LogP contribution >= 0.6 is 0 Å². The van der Waals surface area contributed by atoms with Crippen LogP contribution in [0.4, 0.5) is 0 Å². The number of carbonyl (C=O) groups excluding carboxylic acids is 2. The Labute approximate surface area is 202 Å². The van der Waals surface area contributed by atoms with Crippen LogP contribution in [0.5, 0.6) is 0 Å². The molecule has 4 rings (SSSR count). The highest BCUT2D eigenvalue weighted by atomic mass is 16.4. The van der Waals surface area contributed by atoms with Crippen molar-refractivity contribution in [2.24, 2.45) is 0 Å². The number of rotatable bonds is 6. The van der Waals surface area contributed by atoms with Crippen LogP contribution in [0.3, 0.4) is 0 Å². The second-order valence-electron chi connectivity index (χ2n) is 10.6. The summed E-state index contributed by atoms with van der Waals surface area (Å²) in [5.41, 5.74) is 5.21. The Morgan fingerprint density at radius 3 is 2.15 bits per heavy atom. The number of pyridine rings is 1. The van der Waals surface area contributed by atoms with Crippen LogP contribution in [-0.4, -0.2) is 28.1 Å². The molecule has 5 heteroatoms. The van der Waals surface area contributed by atoms with Crippen LogP contribution in [0, 0.1) is 6.92 Å². The number of carbonyl (C=O) groups is 2. The van der Waals surface area contributed by atoms with Crippen molar-refractivity contribution in [2.45, 2.75) is 71.8 Å². The minimum Gasteiger partial charge on any atom is -0.447 e. The lowest BCUT2D eigenvalue weighted by atomic mass is 9.62. The van der Waals surface area contributed by atoms with Gasteiger partial charge >= 0.3 is 0 Å². The number of hydrogen-bond donors (Lipinski definition) is 0. The Kier molecular flexibility index (Phi) is 6.24. The molecule has 2 heterocycles. The van der Waals surface area contributed by atoms with E-state index in [2.05, 4.69) is 44.8 Å². The lowest BCUT2D eigenvalue weighted by molar-refractivity contribution is 0.0718. The Morgan fingerprint density at radius 2 is 1.53 bits per heavy atom. The Hall–Kier alpha value is -3.21. The Morgan fingerprint density at radius 1 is 0.941 bits per heavy atom. The standard InChI is InChI=1S/C29H34N2O3/c1-7-31(18-20-10-14-30-15-11-20)27(33)25-9-8-24(34-25)26(32)21-17-23-22(16-19(21)2)28(3,4)12-13-29(23,5)6/h8-11,14-17H,7,12-13,18H2,1-6H3. The van der Waals surface area contributed by atoms with Gasteiger partial charge in [0.15, 0.2) is 11.5 Å². The van der Waals surface area contributed by atoms with Gasteiger partial charge in [0.1, 0.15) is 0 Å². The number of aryl methyl sites for hydroxylation is 1. The molecular formula is C29H34N2O3. The summed E-state index contributed by atoms with van der Waals surface area (Å²) in [6.45, 7) is 13.9. The molecule has 0 saturated heterocycles. The summed E-state index contributed by atoms with van der Waals surface area (Å²) in [4.78, 5) is 32.3. The summed E-state index contributed by atoms with van der Waals surface area (Å²) in [6.07, 6.45) is 5.62. The Bertz CT molecular complexity index is 1220. The first-order valence-electron chi connectivity index (χ1n) is 12.0. The molecule has 0 fully saturated rings. The van der Waals surface area contributed by atoms with Gasteiger partial charge in [-0.15, -0.1) is 0 Å². The molecule has 178 valence electrons. The van der Waals surface area contributed by atoms with E-state index in [4.69, 9.17) is 4.42 Å². The summed E-state index contributed by atoms with van der Waals surface area (Å²) >= 11 is 0. The number of aromatic nitrogens is 1. The second-order valence-corrected chi connectivity index (χ2v) is 10.6. The zero-order valence-electron chi connectivity index (χ0n) is 21.1. The molecule has 0 saturated carbocycles. The van der Waals surface area contributed by atoms with E-state index in [9.17, 15) is 9.59 Å². The third-order valence-electron chi connectivity index (χ3n) is 7.27. The van der Waals surface area contributed by atoms with E-state index < -0.39 is 0 Å². The fourth-order valence-corrected chi connectivity index (χ4v) is 4.87. The number of hydrogen-bond acceptors (Lipinski definition) is 4. The van der Waals surface area contributed by atoms with Crippen molar-refractivity contribution in [1.82, 2.24) is 9.88 Å². The van der Waals surface area contributed by atoms with Gasteiger partial charge in [0.2, 0.25) is 5.78 Å². The van der Waals surface area contributed by atoms with Crippen molar-refractivity contribution in [3.8, 4) is 0 Å². The zero-order valence-corrected chi connectivity index (χ0v) is 21.1. The number of fused-ring (bicyclic) bond motifs is 1. The lowest BCUT2D eigenvalue weighted by Gasteiger charge is -2.42. The van der Waals surface area contributed by atoms with Crippen molar-refractivity contribution in [1.29, 1.82) is 0 Å². The molecule has 0 N–H and O–H groups in total. The van der Waals surface area contributed by atoms with Crippen molar-refractivity contribution in [2.75, 3.05) is 6.54 Å². The van der Waals surface area contributed by atoms with Crippen LogP contribution in [0.1, 0.15) is 96.4 Å². The average Bonchev–Trinajstić information content (AvgIpc) is 3.30. The van der Waals surface area contributed by atoms with Gasteiger partial charge in [0, 0.05) is 31.0 Å². The SMILES string of the molecule is CCN(Cc1ccncc1)C(=O)c1ccc(C(=O)c2cc3c(cc2C)C(C)(C)CCC3(C)C)o1. The first-order valence-corrected chi connectivity index (χ1v) is 12.0. The monoisotopic (exact) mass is 458 g/mol. The van der Waals surface area contributed by atoms with Gasteiger partial charge in [0.25, 0.3) is 5.91 Å². The van der Waals surface area contributed by atoms with Crippen LogP contribution in [-0.2, 0) is 17.4 Å². The predicted octanol–water partition coefficient (Wildman–Crippen LogP) is 6.23. The van der Waals surface area contributed by atoms with Crippen LogP contribution < -0.4 is 0 Å². The van der Waals surface area contributed by atoms with E-state index in [1.165, 1.54) is 11.1 Å². The van der Waals surface area contributed by atoms with Crippen LogP contribution in [0.2, 0.25) is 0 Å². The summed E-state index contributed by atoms with van der Waals surface area (Å²) in [5.74, 6) is -0.0466. The zero-order chi connectivity index (χ0) is 24.7. The summed E-state index contributed by atoms with van der Waals surface area (Å²) in [7, 11) is 0. The molecule has 0 radical (unpaired) electrons. The summed E-state index contributed by atoms with van der Waals surface area (Å²) < 4.78 is 5.82. The first kappa shape index (κ1) is 23.9. The molecule has 5 nitrogen and oxygen atoms in total. The van der Waals surface area contributed by atoms with Crippen molar-refractivity contribution < 1.29 is 14.0 Å². The smallest absolute Gasteiger partial charge is 0.289 e. The molecule has 3 aromatic rings. The highest BCUT2D eigenvalue weighted by molar-refractivity contribution is 6.09. The molecule has 34 heavy (non-hydrogen) atoms. The molecule has 0 aliphatic heterocycles. The second kappa shape index (κ2) is 8.86. The van der Waals surface area contributed by atoms with Gasteiger partial charge in [-0.2, -0.15) is 0 Å². The van der Waals surface area contributed by atoms with E-state index in [1.54, 1.807) is 29.4 Å². The molecule has 2 aromatic heterocycles. The van der Waals surface area contributed by atoms with E-state index in [-0.39, 0.29) is 34.0 Å². The third kappa shape index (κ3) is 4.44. The minimum absolute atomic E-state index is 0.00641. The normalized spacial score (nSPS) is 16.1. The number of amides is 1. The number of benzene rings is 1. The highest BCUT2D eigenvalue weighted by Gasteiger charge is 2.38. The van der Waals surface area contributed by atoms with Crippen molar-refractivity contribution in [3.05, 3.63) is 88.1 Å². The largest absolute Gasteiger partial charge is 0.447 e. The topological polar surface area (TPSA) is 63.4 Å². The molecule has 1 aliphatic carbocycles. The predicted molar refractivity (Wildman–Crippen MR) is 133 cm³/mol. The fraction of sp³-hybridized carbons (Fsp3) is 0.414. The average molecular weight is 459 g/mol. The lowest BCUT2D eigenvalue weighted by Crippen LogP contribution is -2.34. The summed E-state index contributed by atoms with van der Waals surface area (Å²) in [5, 5.41) is 0. The van der Waals surface area contributed by atoms with Gasteiger partial charge in [-0.3, -0.25) is 14.6 Å². The minimum atomic E-state index is -0.233. The molecule has 1 amide bonds. The van der Waals surface area contributed by atoms with E-state index in [1.807, 2.05) is 26.0 Å². The molecule has 0 spiro atoms. The van der Waals surface area contributed by atoms with Crippen molar-refractivity contribution >= 4 is 11.7 Å². The number of nitrogens with zero attached hydrogens (tertiary/aromatic N) is 2. The van der Waals surface area contributed by atoms with Gasteiger partial charge in [0.05, 0.1) is 0 Å². The van der Waals surface area contributed by atoms with Gasteiger partial charge in [-0.1, -0.05) is 33.8 Å². The first-order chi connectivity index (χ1) is 16.0. The van der Waals surface area contributed by atoms with E-state index in [0.29, 0.717) is 18.7 Å². The number of furan rings is 1. The quantitative estimate of drug-likeness (QED) is 0.411. The molecule has 0 unspecified atom stereocenters. The van der Waals surface area contributed by atoms with Gasteiger partial charge < -0.3 is 9.32 Å². The van der Waals surface area contributed by atoms with Crippen LogP contribution in [0.15, 0.2) is 53.2 Å². The fourth-order valence-electron chi connectivity index (χ4n) is 4.87. The van der Waals surface area contributed by atoms with Gasteiger partial charge in [-0.25, -0.2) is 0 Å². The maximum Gasteiger partial charge on any atom is 0.289 e. The molecule has 1 aromatic carbocycles. The highest BCUT2D eigenvalue weighted by Crippen LogP contribution is 2.46. The molecule has 1 aliphatic rings. The van der Waals surface area contributed by atoms with Crippen molar-refractivity contribution in [3.63, 3.8) is 0 Å². The molecule has 0 atom stereocenters.